The number of halogens is 1. The van der Waals surface area contributed by atoms with E-state index in [1.54, 1.807) is 6.07 Å². The smallest absolute Gasteiger partial charge is 0.126 e. The SMILES string of the molecule is CC(Cc1ccccc1F)NCC(C)(C)CCCO. The number of aliphatic hydroxyl groups excluding tert-OH is 1. The summed E-state index contributed by atoms with van der Waals surface area (Å²) in [6.07, 6.45) is 2.52. The molecule has 0 spiro atoms. The summed E-state index contributed by atoms with van der Waals surface area (Å²) in [6.45, 7) is 7.57. The molecule has 2 N–H and O–H groups in total. The van der Waals surface area contributed by atoms with Gasteiger partial charge in [-0.2, -0.15) is 0 Å². The maximum atomic E-state index is 13.5. The Balaban J connectivity index is 2.39. The molecular weight excluding hydrogens is 241 g/mol. The van der Waals surface area contributed by atoms with Gasteiger partial charge in [-0.15, -0.1) is 0 Å². The van der Waals surface area contributed by atoms with Crippen LogP contribution in [0.3, 0.4) is 0 Å². The molecule has 2 nitrogen and oxygen atoms in total. The highest BCUT2D eigenvalue weighted by Gasteiger charge is 2.18. The molecule has 0 aliphatic rings. The van der Waals surface area contributed by atoms with Gasteiger partial charge in [0, 0.05) is 19.2 Å². The molecule has 1 rings (SSSR count). The van der Waals surface area contributed by atoms with E-state index in [1.807, 2.05) is 12.1 Å². The van der Waals surface area contributed by atoms with Crippen molar-refractivity contribution in [3.63, 3.8) is 0 Å². The Hall–Kier alpha value is -0.930. The van der Waals surface area contributed by atoms with Crippen LogP contribution in [0.25, 0.3) is 0 Å². The molecule has 0 saturated carbocycles. The lowest BCUT2D eigenvalue weighted by Gasteiger charge is -2.27. The third-order valence-corrected chi connectivity index (χ3v) is 3.42. The molecule has 0 fully saturated rings. The van der Waals surface area contributed by atoms with E-state index in [1.165, 1.54) is 6.07 Å². The van der Waals surface area contributed by atoms with Gasteiger partial charge >= 0.3 is 0 Å². The van der Waals surface area contributed by atoms with Gasteiger partial charge in [0.1, 0.15) is 5.82 Å². The van der Waals surface area contributed by atoms with Gasteiger partial charge in [0.05, 0.1) is 0 Å². The van der Waals surface area contributed by atoms with Crippen LogP contribution in [0.1, 0.15) is 39.2 Å². The normalized spacial score (nSPS) is 13.5. The van der Waals surface area contributed by atoms with Crippen molar-refractivity contribution in [1.82, 2.24) is 5.32 Å². The predicted molar refractivity (Wildman–Crippen MR) is 77.7 cm³/mol. The van der Waals surface area contributed by atoms with Gasteiger partial charge in [-0.25, -0.2) is 4.39 Å². The lowest BCUT2D eigenvalue weighted by molar-refractivity contribution is 0.232. The summed E-state index contributed by atoms with van der Waals surface area (Å²) >= 11 is 0. The minimum atomic E-state index is -0.129. The summed E-state index contributed by atoms with van der Waals surface area (Å²) in [4.78, 5) is 0. The average molecular weight is 267 g/mol. The number of nitrogens with one attached hydrogen (secondary N) is 1. The van der Waals surface area contributed by atoms with Crippen molar-refractivity contribution < 1.29 is 9.50 Å². The predicted octanol–water partition coefficient (Wildman–Crippen LogP) is 3.15. The van der Waals surface area contributed by atoms with Crippen molar-refractivity contribution in [3.8, 4) is 0 Å². The Morgan fingerprint density at radius 1 is 1.32 bits per heavy atom. The molecular formula is C16H26FNO. The first-order valence-electron chi connectivity index (χ1n) is 7.02. The highest BCUT2D eigenvalue weighted by Crippen LogP contribution is 2.21. The zero-order valence-electron chi connectivity index (χ0n) is 12.2. The quantitative estimate of drug-likeness (QED) is 0.758. The average Bonchev–Trinajstić information content (AvgIpc) is 2.37. The standard InChI is InChI=1S/C16H26FNO/c1-13(11-14-7-4-5-8-15(14)17)18-12-16(2,3)9-6-10-19/h4-5,7-8,13,18-19H,6,9-12H2,1-3H3. The Morgan fingerprint density at radius 3 is 2.63 bits per heavy atom. The van der Waals surface area contributed by atoms with E-state index < -0.39 is 0 Å². The molecule has 0 amide bonds. The van der Waals surface area contributed by atoms with E-state index in [0.29, 0.717) is 6.42 Å². The van der Waals surface area contributed by atoms with Crippen molar-refractivity contribution >= 4 is 0 Å². The van der Waals surface area contributed by atoms with Gasteiger partial charge in [0.2, 0.25) is 0 Å². The Bertz CT molecular complexity index is 379. The summed E-state index contributed by atoms with van der Waals surface area (Å²) in [7, 11) is 0. The van der Waals surface area contributed by atoms with Crippen LogP contribution in [0.2, 0.25) is 0 Å². The van der Waals surface area contributed by atoms with Crippen LogP contribution in [-0.4, -0.2) is 24.3 Å². The fraction of sp³-hybridized carbons (Fsp3) is 0.625. The largest absolute Gasteiger partial charge is 0.396 e. The molecule has 1 aromatic carbocycles. The molecule has 0 radical (unpaired) electrons. The molecule has 0 heterocycles. The molecule has 3 heteroatoms. The van der Waals surface area contributed by atoms with E-state index in [2.05, 4.69) is 26.1 Å². The molecule has 0 aromatic heterocycles. The Morgan fingerprint density at radius 2 is 2.00 bits per heavy atom. The summed E-state index contributed by atoms with van der Waals surface area (Å²) in [6, 6.07) is 7.17. The van der Waals surface area contributed by atoms with Gasteiger partial charge in [0.15, 0.2) is 0 Å². The van der Waals surface area contributed by atoms with Gasteiger partial charge in [-0.05, 0) is 43.2 Å². The minimum Gasteiger partial charge on any atom is -0.396 e. The van der Waals surface area contributed by atoms with Crippen LogP contribution >= 0.6 is 0 Å². The summed E-state index contributed by atoms with van der Waals surface area (Å²) in [5.41, 5.74) is 0.919. The van der Waals surface area contributed by atoms with E-state index in [4.69, 9.17) is 5.11 Å². The van der Waals surface area contributed by atoms with Gasteiger partial charge in [-0.1, -0.05) is 32.0 Å². The monoisotopic (exact) mass is 267 g/mol. The molecule has 0 aliphatic carbocycles. The van der Waals surface area contributed by atoms with Crippen LogP contribution < -0.4 is 5.32 Å². The van der Waals surface area contributed by atoms with Crippen LogP contribution in [0.5, 0.6) is 0 Å². The first kappa shape index (κ1) is 16.1. The van der Waals surface area contributed by atoms with Gasteiger partial charge in [0.25, 0.3) is 0 Å². The lowest BCUT2D eigenvalue weighted by atomic mass is 9.87. The molecule has 108 valence electrons. The summed E-state index contributed by atoms with van der Waals surface area (Å²) in [5, 5.41) is 12.3. The van der Waals surface area contributed by atoms with Crippen molar-refractivity contribution in [3.05, 3.63) is 35.6 Å². The zero-order chi connectivity index (χ0) is 14.3. The number of benzene rings is 1. The summed E-state index contributed by atoms with van der Waals surface area (Å²) < 4.78 is 13.5. The lowest BCUT2D eigenvalue weighted by Crippen LogP contribution is -2.36. The fourth-order valence-electron chi connectivity index (χ4n) is 2.16. The molecule has 19 heavy (non-hydrogen) atoms. The number of aliphatic hydroxyl groups is 1. The van der Waals surface area contributed by atoms with Crippen molar-refractivity contribution in [2.45, 2.75) is 46.1 Å². The Labute approximate surface area is 116 Å². The minimum absolute atomic E-state index is 0.129. The number of hydrogen-bond donors (Lipinski definition) is 2. The first-order chi connectivity index (χ1) is 8.94. The van der Waals surface area contributed by atoms with Crippen LogP contribution in [0, 0.1) is 11.2 Å². The maximum Gasteiger partial charge on any atom is 0.126 e. The molecule has 0 aliphatic heterocycles. The highest BCUT2D eigenvalue weighted by molar-refractivity contribution is 5.18. The topological polar surface area (TPSA) is 32.3 Å². The number of hydrogen-bond acceptors (Lipinski definition) is 2. The first-order valence-corrected chi connectivity index (χ1v) is 7.02. The Kier molecular flexibility index (Phi) is 6.46. The van der Waals surface area contributed by atoms with E-state index in [-0.39, 0.29) is 23.9 Å². The van der Waals surface area contributed by atoms with Crippen LogP contribution in [0.4, 0.5) is 4.39 Å². The third kappa shape index (κ3) is 6.17. The van der Waals surface area contributed by atoms with Gasteiger partial charge < -0.3 is 10.4 Å². The molecule has 0 bridgehead atoms. The van der Waals surface area contributed by atoms with Gasteiger partial charge in [-0.3, -0.25) is 0 Å². The van der Waals surface area contributed by atoms with Crippen LogP contribution in [0.15, 0.2) is 24.3 Å². The second-order valence-electron chi connectivity index (χ2n) is 6.07. The van der Waals surface area contributed by atoms with E-state index >= 15 is 0 Å². The van der Waals surface area contributed by atoms with Crippen molar-refractivity contribution in [1.29, 1.82) is 0 Å². The third-order valence-electron chi connectivity index (χ3n) is 3.42. The summed E-state index contributed by atoms with van der Waals surface area (Å²) in [5.74, 6) is -0.129. The van der Waals surface area contributed by atoms with Crippen LogP contribution in [-0.2, 0) is 6.42 Å². The van der Waals surface area contributed by atoms with E-state index in [9.17, 15) is 4.39 Å². The number of rotatable bonds is 8. The van der Waals surface area contributed by atoms with Crippen molar-refractivity contribution in [2.75, 3.05) is 13.2 Å². The molecule has 1 atom stereocenters. The maximum absolute atomic E-state index is 13.5. The molecule has 0 saturated heterocycles. The molecule has 1 unspecified atom stereocenters. The second kappa shape index (κ2) is 7.61. The highest BCUT2D eigenvalue weighted by atomic mass is 19.1. The molecule has 1 aromatic rings. The fourth-order valence-corrected chi connectivity index (χ4v) is 2.16. The zero-order valence-corrected chi connectivity index (χ0v) is 12.2. The van der Waals surface area contributed by atoms with Crippen molar-refractivity contribution in [2.24, 2.45) is 5.41 Å². The van der Waals surface area contributed by atoms with E-state index in [0.717, 1.165) is 24.9 Å². The second-order valence-corrected chi connectivity index (χ2v) is 6.07.